The van der Waals surface area contributed by atoms with Crippen molar-refractivity contribution in [2.75, 3.05) is 18.8 Å². The van der Waals surface area contributed by atoms with Gasteiger partial charge in [0.25, 0.3) is 5.91 Å². The minimum Gasteiger partial charge on any atom is -0.398 e. The molecule has 1 saturated heterocycles. The summed E-state index contributed by atoms with van der Waals surface area (Å²) < 4.78 is 0. The van der Waals surface area contributed by atoms with Crippen LogP contribution in [0.4, 0.5) is 5.69 Å². The lowest BCUT2D eigenvalue weighted by atomic mass is 10.1. The Kier molecular flexibility index (Phi) is 2.85. The summed E-state index contributed by atoms with van der Waals surface area (Å²) in [5.41, 5.74) is 6.78. The lowest BCUT2D eigenvalue weighted by Crippen LogP contribution is -2.36. The van der Waals surface area contributed by atoms with Gasteiger partial charge in [-0.05, 0) is 25.3 Å². The van der Waals surface area contributed by atoms with Crippen LogP contribution in [0.3, 0.4) is 0 Å². The normalized spacial score (nSPS) is 16.4. The maximum atomic E-state index is 12.0. The van der Waals surface area contributed by atoms with E-state index in [0.29, 0.717) is 11.3 Å². The van der Waals surface area contributed by atoms with Crippen molar-refractivity contribution in [1.29, 1.82) is 0 Å². The van der Waals surface area contributed by atoms with Crippen LogP contribution >= 0.6 is 0 Å². The number of carbonyl (C=O) groups excluding carboxylic acids is 1. The maximum Gasteiger partial charge on any atom is 0.257 e. The zero-order chi connectivity index (χ0) is 10.7. The molecule has 0 bridgehead atoms. The molecule has 4 nitrogen and oxygen atoms in total. The van der Waals surface area contributed by atoms with Crippen molar-refractivity contribution in [1.82, 2.24) is 9.88 Å². The number of hydrogen-bond donors (Lipinski definition) is 1. The summed E-state index contributed by atoms with van der Waals surface area (Å²) in [5.74, 6) is 0.0142. The third-order valence-corrected chi connectivity index (χ3v) is 2.73. The fraction of sp³-hybridized carbons (Fsp3) is 0.455. The first-order chi connectivity index (χ1) is 7.29. The predicted octanol–water partition coefficient (Wildman–Crippen LogP) is 1.29. The van der Waals surface area contributed by atoms with E-state index in [1.54, 1.807) is 18.5 Å². The van der Waals surface area contributed by atoms with E-state index in [-0.39, 0.29) is 5.91 Å². The minimum absolute atomic E-state index is 0.0142. The number of nitrogen functional groups attached to an aromatic ring is 1. The molecule has 2 N–H and O–H groups in total. The van der Waals surface area contributed by atoms with Gasteiger partial charge < -0.3 is 10.6 Å². The van der Waals surface area contributed by atoms with E-state index in [2.05, 4.69) is 4.98 Å². The molecular weight excluding hydrogens is 190 g/mol. The standard InChI is InChI=1S/C11H15N3O/c12-10-4-5-13-8-9(10)11(15)14-6-2-1-3-7-14/h4-5,8H,1-3,6-7H2,(H2,12,13). The number of aromatic nitrogens is 1. The van der Waals surface area contributed by atoms with Gasteiger partial charge in [0, 0.05) is 31.2 Å². The molecule has 0 atom stereocenters. The SMILES string of the molecule is Nc1ccncc1C(=O)N1CCCCC1. The number of amides is 1. The van der Waals surface area contributed by atoms with Gasteiger partial charge in [-0.3, -0.25) is 9.78 Å². The molecule has 80 valence electrons. The van der Waals surface area contributed by atoms with Crippen molar-refractivity contribution < 1.29 is 4.79 Å². The molecule has 0 saturated carbocycles. The van der Waals surface area contributed by atoms with E-state index < -0.39 is 0 Å². The molecule has 1 aromatic rings. The molecule has 4 heteroatoms. The largest absolute Gasteiger partial charge is 0.398 e. The second-order valence-corrected chi connectivity index (χ2v) is 3.82. The Balaban J connectivity index is 2.16. The Morgan fingerprint density at radius 1 is 1.33 bits per heavy atom. The fourth-order valence-electron chi connectivity index (χ4n) is 1.85. The third-order valence-electron chi connectivity index (χ3n) is 2.73. The van der Waals surface area contributed by atoms with Gasteiger partial charge in [0.2, 0.25) is 0 Å². The topological polar surface area (TPSA) is 59.2 Å². The zero-order valence-electron chi connectivity index (χ0n) is 8.65. The number of rotatable bonds is 1. The maximum absolute atomic E-state index is 12.0. The Hall–Kier alpha value is -1.58. The Labute approximate surface area is 89.1 Å². The molecule has 2 rings (SSSR count). The number of piperidine rings is 1. The van der Waals surface area contributed by atoms with Gasteiger partial charge in [-0.2, -0.15) is 0 Å². The molecule has 0 unspecified atom stereocenters. The summed E-state index contributed by atoms with van der Waals surface area (Å²) in [6.45, 7) is 1.68. The van der Waals surface area contributed by atoms with Gasteiger partial charge in [-0.1, -0.05) is 0 Å². The average Bonchev–Trinajstić information content (AvgIpc) is 2.30. The van der Waals surface area contributed by atoms with Gasteiger partial charge in [0.05, 0.1) is 5.56 Å². The quantitative estimate of drug-likeness (QED) is 0.751. The fourth-order valence-corrected chi connectivity index (χ4v) is 1.85. The number of nitrogens with zero attached hydrogens (tertiary/aromatic N) is 2. The molecular formula is C11H15N3O. The third kappa shape index (κ3) is 2.09. The van der Waals surface area contributed by atoms with Crippen LogP contribution in [0.1, 0.15) is 29.6 Å². The highest BCUT2D eigenvalue weighted by Crippen LogP contribution is 2.16. The lowest BCUT2D eigenvalue weighted by molar-refractivity contribution is 0.0725. The molecule has 1 amide bonds. The number of pyridine rings is 1. The van der Waals surface area contributed by atoms with Gasteiger partial charge in [0.1, 0.15) is 0 Å². The van der Waals surface area contributed by atoms with E-state index in [1.807, 2.05) is 4.90 Å². The van der Waals surface area contributed by atoms with Crippen molar-refractivity contribution in [2.45, 2.75) is 19.3 Å². The van der Waals surface area contributed by atoms with Crippen molar-refractivity contribution >= 4 is 11.6 Å². The molecule has 15 heavy (non-hydrogen) atoms. The second kappa shape index (κ2) is 4.29. The van der Waals surface area contributed by atoms with Crippen molar-refractivity contribution in [3.8, 4) is 0 Å². The van der Waals surface area contributed by atoms with E-state index in [9.17, 15) is 4.79 Å². The predicted molar refractivity (Wildman–Crippen MR) is 58.4 cm³/mol. The van der Waals surface area contributed by atoms with Crippen LogP contribution in [-0.2, 0) is 0 Å². The molecule has 1 aliphatic rings. The highest BCUT2D eigenvalue weighted by atomic mass is 16.2. The van der Waals surface area contributed by atoms with Crippen LogP contribution in [0, 0.1) is 0 Å². The summed E-state index contributed by atoms with van der Waals surface area (Å²) in [7, 11) is 0. The summed E-state index contributed by atoms with van der Waals surface area (Å²) in [6.07, 6.45) is 6.54. The monoisotopic (exact) mass is 205 g/mol. The van der Waals surface area contributed by atoms with E-state index >= 15 is 0 Å². The highest BCUT2D eigenvalue weighted by molar-refractivity contribution is 5.98. The van der Waals surface area contributed by atoms with E-state index in [4.69, 9.17) is 5.73 Å². The highest BCUT2D eigenvalue weighted by Gasteiger charge is 2.19. The van der Waals surface area contributed by atoms with Gasteiger partial charge in [-0.25, -0.2) is 0 Å². The van der Waals surface area contributed by atoms with Crippen molar-refractivity contribution in [3.63, 3.8) is 0 Å². The van der Waals surface area contributed by atoms with Crippen LogP contribution in [-0.4, -0.2) is 28.9 Å². The first-order valence-electron chi connectivity index (χ1n) is 5.28. The van der Waals surface area contributed by atoms with Crippen molar-refractivity contribution in [2.24, 2.45) is 0 Å². The number of carbonyl (C=O) groups is 1. The van der Waals surface area contributed by atoms with Gasteiger partial charge >= 0.3 is 0 Å². The van der Waals surface area contributed by atoms with E-state index in [1.165, 1.54) is 6.42 Å². The minimum atomic E-state index is 0.0142. The Morgan fingerprint density at radius 3 is 2.73 bits per heavy atom. The molecule has 0 radical (unpaired) electrons. The molecule has 1 fully saturated rings. The molecule has 1 aliphatic heterocycles. The number of hydrogen-bond acceptors (Lipinski definition) is 3. The molecule has 2 heterocycles. The molecule has 1 aromatic heterocycles. The summed E-state index contributed by atoms with van der Waals surface area (Å²) in [5, 5.41) is 0. The molecule has 0 aliphatic carbocycles. The summed E-state index contributed by atoms with van der Waals surface area (Å²) in [4.78, 5) is 17.8. The second-order valence-electron chi connectivity index (χ2n) is 3.82. The van der Waals surface area contributed by atoms with Gasteiger partial charge in [-0.15, -0.1) is 0 Å². The van der Waals surface area contributed by atoms with Crippen LogP contribution in [0.15, 0.2) is 18.5 Å². The zero-order valence-corrected chi connectivity index (χ0v) is 8.65. The summed E-state index contributed by atoms with van der Waals surface area (Å²) in [6, 6.07) is 1.66. The number of nitrogens with two attached hydrogens (primary N) is 1. The Bertz CT molecular complexity index is 359. The Morgan fingerprint density at radius 2 is 2.07 bits per heavy atom. The van der Waals surface area contributed by atoms with Crippen molar-refractivity contribution in [3.05, 3.63) is 24.0 Å². The summed E-state index contributed by atoms with van der Waals surface area (Å²) >= 11 is 0. The van der Waals surface area contributed by atoms with Crippen LogP contribution in [0.5, 0.6) is 0 Å². The average molecular weight is 205 g/mol. The number of likely N-dealkylation sites (tertiary alicyclic amines) is 1. The lowest BCUT2D eigenvalue weighted by Gasteiger charge is -2.26. The van der Waals surface area contributed by atoms with Crippen LogP contribution in [0.25, 0.3) is 0 Å². The van der Waals surface area contributed by atoms with Crippen LogP contribution < -0.4 is 5.73 Å². The number of anilines is 1. The smallest absolute Gasteiger partial charge is 0.257 e. The first-order valence-corrected chi connectivity index (χ1v) is 5.28. The van der Waals surface area contributed by atoms with Crippen LogP contribution in [0.2, 0.25) is 0 Å². The van der Waals surface area contributed by atoms with Gasteiger partial charge in [0.15, 0.2) is 0 Å². The first kappa shape index (κ1) is 9.96. The van der Waals surface area contributed by atoms with E-state index in [0.717, 1.165) is 25.9 Å². The molecule has 0 spiro atoms. The molecule has 0 aromatic carbocycles.